The van der Waals surface area contributed by atoms with Gasteiger partial charge in [-0.2, -0.15) is 5.10 Å². The van der Waals surface area contributed by atoms with Crippen LogP contribution < -0.4 is 11.1 Å². The van der Waals surface area contributed by atoms with Gasteiger partial charge in [-0.05, 0) is 31.2 Å². The lowest BCUT2D eigenvalue weighted by Gasteiger charge is -2.19. The topological polar surface area (TPSA) is 125 Å². The van der Waals surface area contributed by atoms with Crippen molar-refractivity contribution in [3.05, 3.63) is 108 Å². The number of hydrogen-bond acceptors (Lipinski definition) is 7. The molecule has 4 heterocycles. The van der Waals surface area contributed by atoms with E-state index in [-0.39, 0.29) is 11.4 Å². The lowest BCUT2D eigenvalue weighted by atomic mass is 10.0. The van der Waals surface area contributed by atoms with E-state index in [1.807, 2.05) is 74.8 Å². The first-order valence-corrected chi connectivity index (χ1v) is 12.6. The molecule has 0 unspecified atom stereocenters. The minimum atomic E-state index is -0.511. The fraction of sp³-hybridized carbons (Fsp3) is 0.0968. The summed E-state index contributed by atoms with van der Waals surface area (Å²) in [5.74, 6) is 6.09. The zero-order chi connectivity index (χ0) is 27.6. The zero-order valence-electron chi connectivity index (χ0n) is 21.8. The molecule has 0 spiro atoms. The van der Waals surface area contributed by atoms with Crippen LogP contribution in [0.5, 0.6) is 0 Å². The van der Waals surface area contributed by atoms with Gasteiger partial charge in [-0.1, -0.05) is 48.2 Å². The summed E-state index contributed by atoms with van der Waals surface area (Å²) in [5.41, 5.74) is 11.9. The lowest BCUT2D eigenvalue weighted by Crippen LogP contribution is -2.29. The molecule has 0 saturated heterocycles. The monoisotopic (exact) mass is 524 g/mol. The van der Waals surface area contributed by atoms with Gasteiger partial charge in [0, 0.05) is 36.6 Å². The number of rotatable bonds is 4. The second kappa shape index (κ2) is 10.3. The maximum absolute atomic E-state index is 13.5. The van der Waals surface area contributed by atoms with Gasteiger partial charge in [0.25, 0.3) is 5.91 Å². The van der Waals surface area contributed by atoms with E-state index in [0.717, 1.165) is 22.1 Å². The maximum atomic E-state index is 13.5. The Kier molecular flexibility index (Phi) is 6.34. The van der Waals surface area contributed by atoms with E-state index in [9.17, 15) is 4.79 Å². The molecule has 0 aliphatic heterocycles. The number of nitrogens with zero attached hydrogens (tertiary/aromatic N) is 6. The number of benzene rings is 2. The summed E-state index contributed by atoms with van der Waals surface area (Å²) in [6.45, 7) is 1.87. The number of fused-ring (bicyclic) bond motifs is 2. The molecule has 0 saturated carbocycles. The van der Waals surface area contributed by atoms with Crippen LogP contribution in [0.4, 0.5) is 5.82 Å². The fourth-order valence-electron chi connectivity index (χ4n) is 4.54. The summed E-state index contributed by atoms with van der Waals surface area (Å²) < 4.78 is 1.71. The molecule has 6 aromatic rings. The van der Waals surface area contributed by atoms with Crippen LogP contribution in [0.1, 0.15) is 40.1 Å². The van der Waals surface area contributed by atoms with Crippen LogP contribution in [0.2, 0.25) is 0 Å². The SMILES string of the molecule is C[C@@H](NC(=O)c1c(N)ncc2cccnc12)c1nc2cccc(C#Cc3cnn(C)c3)c2nc1-c1ccccc1. The van der Waals surface area contributed by atoms with E-state index in [1.165, 1.54) is 0 Å². The highest BCUT2D eigenvalue weighted by atomic mass is 16.1. The molecule has 40 heavy (non-hydrogen) atoms. The third kappa shape index (κ3) is 4.70. The molecule has 0 radical (unpaired) electrons. The van der Waals surface area contributed by atoms with E-state index in [1.54, 1.807) is 29.3 Å². The van der Waals surface area contributed by atoms with Crippen LogP contribution in [0.25, 0.3) is 33.2 Å². The van der Waals surface area contributed by atoms with Crippen LogP contribution in [0.15, 0.2) is 85.5 Å². The summed E-state index contributed by atoms with van der Waals surface area (Å²) in [6, 6.07) is 18.6. The van der Waals surface area contributed by atoms with E-state index in [2.05, 4.69) is 32.2 Å². The standard InChI is InChI=1S/C31H24N8O/c1-19(36-31(40)25-28-23(11-7-15-33-28)17-34-30(25)32)26-29(21-8-4-3-5-9-21)38-27-22(10-6-12-24(27)37-26)14-13-20-16-35-39(2)18-20/h3-12,15-19H,1-2H3,(H2,32,34)(H,36,40)/t19-/m1/s1. The molecule has 0 aliphatic carbocycles. The average molecular weight is 525 g/mol. The predicted molar refractivity (Wildman–Crippen MR) is 154 cm³/mol. The van der Waals surface area contributed by atoms with Gasteiger partial charge in [0.2, 0.25) is 0 Å². The van der Waals surface area contributed by atoms with Crippen LogP contribution in [-0.2, 0) is 7.05 Å². The molecule has 9 nitrogen and oxygen atoms in total. The highest BCUT2D eigenvalue weighted by molar-refractivity contribution is 6.09. The number of amides is 1. The lowest BCUT2D eigenvalue weighted by molar-refractivity contribution is 0.0941. The van der Waals surface area contributed by atoms with Crippen LogP contribution >= 0.6 is 0 Å². The number of nitrogens with one attached hydrogen (secondary N) is 1. The molecule has 3 N–H and O–H groups in total. The minimum absolute atomic E-state index is 0.112. The van der Waals surface area contributed by atoms with Gasteiger partial charge < -0.3 is 11.1 Å². The van der Waals surface area contributed by atoms with Crippen molar-refractivity contribution in [1.82, 2.24) is 35.0 Å². The van der Waals surface area contributed by atoms with Gasteiger partial charge in [0.1, 0.15) is 16.9 Å². The number of anilines is 1. The van der Waals surface area contributed by atoms with Crippen molar-refractivity contribution in [2.75, 3.05) is 5.73 Å². The molecule has 0 fully saturated rings. The summed E-state index contributed by atoms with van der Waals surface area (Å²) in [7, 11) is 1.85. The predicted octanol–water partition coefficient (Wildman–Crippen LogP) is 4.45. The van der Waals surface area contributed by atoms with Crippen LogP contribution in [0.3, 0.4) is 0 Å². The van der Waals surface area contributed by atoms with Gasteiger partial charge in [-0.3, -0.25) is 14.5 Å². The van der Waals surface area contributed by atoms with Crippen LogP contribution in [-0.4, -0.2) is 35.6 Å². The highest BCUT2D eigenvalue weighted by Crippen LogP contribution is 2.29. The van der Waals surface area contributed by atoms with E-state index in [0.29, 0.717) is 27.9 Å². The quantitative estimate of drug-likeness (QED) is 0.327. The Morgan fingerprint density at radius 2 is 1.80 bits per heavy atom. The number of nitrogens with two attached hydrogens (primary N) is 1. The summed E-state index contributed by atoms with van der Waals surface area (Å²) in [5, 5.41) is 7.95. The molecule has 9 heteroatoms. The summed E-state index contributed by atoms with van der Waals surface area (Å²) in [6.07, 6.45) is 6.80. The normalized spacial score (nSPS) is 11.7. The Hall–Kier alpha value is -5.62. The third-order valence-corrected chi connectivity index (χ3v) is 6.47. The van der Waals surface area contributed by atoms with Gasteiger partial charge in [0.15, 0.2) is 0 Å². The molecule has 1 atom stereocenters. The van der Waals surface area contributed by atoms with Crippen molar-refractivity contribution in [1.29, 1.82) is 0 Å². The second-order valence-corrected chi connectivity index (χ2v) is 9.30. The van der Waals surface area contributed by atoms with Crippen molar-refractivity contribution < 1.29 is 4.79 Å². The van der Waals surface area contributed by atoms with E-state index in [4.69, 9.17) is 15.7 Å². The number of carbonyl (C=O) groups excluding carboxylic acids is 1. The first-order valence-electron chi connectivity index (χ1n) is 12.6. The number of aryl methyl sites for hydroxylation is 1. The van der Waals surface area contributed by atoms with Crippen molar-refractivity contribution >= 4 is 33.7 Å². The van der Waals surface area contributed by atoms with Gasteiger partial charge >= 0.3 is 0 Å². The van der Waals surface area contributed by atoms with Gasteiger partial charge in [-0.15, -0.1) is 0 Å². The molecule has 6 rings (SSSR count). The second-order valence-electron chi connectivity index (χ2n) is 9.30. The summed E-state index contributed by atoms with van der Waals surface area (Å²) >= 11 is 0. The van der Waals surface area contributed by atoms with Crippen molar-refractivity contribution in [2.45, 2.75) is 13.0 Å². The average Bonchev–Trinajstić information content (AvgIpc) is 3.40. The van der Waals surface area contributed by atoms with Crippen LogP contribution in [0, 0.1) is 11.8 Å². The highest BCUT2D eigenvalue weighted by Gasteiger charge is 2.23. The largest absolute Gasteiger partial charge is 0.383 e. The Bertz CT molecular complexity index is 1950. The zero-order valence-corrected chi connectivity index (χ0v) is 21.8. The first-order chi connectivity index (χ1) is 19.5. The van der Waals surface area contributed by atoms with E-state index >= 15 is 0 Å². The molecular formula is C31H24N8O. The molecule has 0 aliphatic rings. The van der Waals surface area contributed by atoms with Gasteiger partial charge in [-0.25, -0.2) is 15.0 Å². The number of carbonyl (C=O) groups is 1. The number of aromatic nitrogens is 6. The molecule has 4 aromatic heterocycles. The number of hydrogen-bond donors (Lipinski definition) is 2. The minimum Gasteiger partial charge on any atom is -0.383 e. The first kappa shape index (κ1) is 24.7. The Balaban J connectivity index is 1.44. The Labute approximate surface area is 230 Å². The fourth-order valence-corrected chi connectivity index (χ4v) is 4.54. The molecular weight excluding hydrogens is 500 g/mol. The molecule has 1 amide bonds. The number of nitrogen functional groups attached to an aromatic ring is 1. The van der Waals surface area contributed by atoms with Crippen molar-refractivity contribution in [3.8, 4) is 23.1 Å². The Morgan fingerprint density at radius 3 is 2.60 bits per heavy atom. The van der Waals surface area contributed by atoms with Gasteiger partial charge in [0.05, 0.1) is 45.8 Å². The molecule has 0 bridgehead atoms. The maximum Gasteiger partial charge on any atom is 0.257 e. The Morgan fingerprint density at radius 1 is 0.950 bits per heavy atom. The third-order valence-electron chi connectivity index (χ3n) is 6.47. The van der Waals surface area contributed by atoms with Crippen molar-refractivity contribution in [2.24, 2.45) is 7.05 Å². The number of pyridine rings is 2. The molecule has 2 aromatic carbocycles. The van der Waals surface area contributed by atoms with E-state index < -0.39 is 11.9 Å². The molecule has 194 valence electrons. The smallest absolute Gasteiger partial charge is 0.257 e. The van der Waals surface area contributed by atoms with Crippen molar-refractivity contribution in [3.63, 3.8) is 0 Å². The number of para-hydroxylation sites is 1. The summed E-state index contributed by atoms with van der Waals surface area (Å²) in [4.78, 5) is 32.1.